The minimum atomic E-state index is -0.329. The van der Waals surface area contributed by atoms with Gasteiger partial charge in [0, 0.05) is 41.5 Å². The molecule has 2 heterocycles. The first-order valence-corrected chi connectivity index (χ1v) is 15.5. The maximum atomic E-state index is 13.3. The Hall–Kier alpha value is -4.88. The molecule has 1 atom stereocenters. The molecule has 6 rings (SSSR count). The number of rotatable bonds is 10. The molecule has 45 heavy (non-hydrogen) atoms. The Bertz CT molecular complexity index is 1750. The van der Waals surface area contributed by atoms with E-state index >= 15 is 0 Å². The lowest BCUT2D eigenvalue weighted by atomic mass is 9.84. The molecule has 1 N–H and O–H groups in total. The third kappa shape index (κ3) is 6.64. The molecule has 0 saturated heterocycles. The summed E-state index contributed by atoms with van der Waals surface area (Å²) in [7, 11) is 2.15. The molecule has 1 amide bonds. The van der Waals surface area contributed by atoms with E-state index in [9.17, 15) is 4.79 Å². The fourth-order valence-corrected chi connectivity index (χ4v) is 5.91. The predicted octanol–water partition coefficient (Wildman–Crippen LogP) is 8.42. The van der Waals surface area contributed by atoms with E-state index in [2.05, 4.69) is 79.6 Å². The highest BCUT2D eigenvalue weighted by atomic mass is 16.5. The Labute approximate surface area is 264 Å². The minimum Gasteiger partial charge on any atom is -0.488 e. The van der Waals surface area contributed by atoms with E-state index in [0.29, 0.717) is 24.7 Å². The second-order valence-corrected chi connectivity index (χ2v) is 11.9. The van der Waals surface area contributed by atoms with Crippen LogP contribution in [0.3, 0.4) is 0 Å². The van der Waals surface area contributed by atoms with Gasteiger partial charge in [0.05, 0.1) is 0 Å². The van der Waals surface area contributed by atoms with Crippen molar-refractivity contribution < 1.29 is 18.8 Å². The standard InChI is InChI=1S/C38H39N3O4/c1-25(2)31-21-32(36(44-24-28-13-9-6-10-14-28)22-35(31)43-23-27-11-7-5-8-12-27)37-30-17-19-41(4)26(3)29(30)15-16-33(37)39-38(42)34-18-20-45-40-34/h5-16,18,20-22,25-26H,17,19,23-24H2,1-4H3,(H,39,42). The summed E-state index contributed by atoms with van der Waals surface area (Å²) in [5.74, 6) is 1.33. The Morgan fingerprint density at radius 2 is 1.60 bits per heavy atom. The quantitative estimate of drug-likeness (QED) is 0.173. The maximum Gasteiger partial charge on any atom is 0.277 e. The van der Waals surface area contributed by atoms with Crippen LogP contribution in [0, 0.1) is 0 Å². The van der Waals surface area contributed by atoms with Gasteiger partial charge in [0.25, 0.3) is 5.91 Å². The average Bonchev–Trinajstić information content (AvgIpc) is 3.61. The van der Waals surface area contributed by atoms with Crippen LogP contribution in [0.5, 0.6) is 11.5 Å². The first kappa shape index (κ1) is 30.2. The number of amides is 1. The summed E-state index contributed by atoms with van der Waals surface area (Å²) in [5, 5.41) is 7.00. The largest absolute Gasteiger partial charge is 0.488 e. The highest BCUT2D eigenvalue weighted by Crippen LogP contribution is 2.46. The number of likely N-dealkylation sites (N-methyl/N-ethyl adjacent to an activating group) is 1. The van der Waals surface area contributed by atoms with Gasteiger partial charge in [-0.15, -0.1) is 0 Å². The van der Waals surface area contributed by atoms with Gasteiger partial charge in [-0.05, 0) is 66.3 Å². The number of anilines is 1. The molecule has 7 heteroatoms. The molecule has 230 valence electrons. The molecule has 0 bridgehead atoms. The lowest BCUT2D eigenvalue weighted by Gasteiger charge is -2.34. The van der Waals surface area contributed by atoms with Gasteiger partial charge in [-0.25, -0.2) is 0 Å². The van der Waals surface area contributed by atoms with Gasteiger partial charge < -0.3 is 19.3 Å². The van der Waals surface area contributed by atoms with Crippen LogP contribution in [0.15, 0.2) is 102 Å². The zero-order valence-electron chi connectivity index (χ0n) is 26.2. The van der Waals surface area contributed by atoms with Gasteiger partial charge >= 0.3 is 0 Å². The van der Waals surface area contributed by atoms with Crippen molar-refractivity contribution in [3.8, 4) is 22.6 Å². The average molecular weight is 602 g/mol. The molecule has 0 saturated carbocycles. The molecule has 1 aliphatic rings. The third-order valence-corrected chi connectivity index (χ3v) is 8.57. The van der Waals surface area contributed by atoms with Crippen molar-refractivity contribution in [2.75, 3.05) is 18.9 Å². The highest BCUT2D eigenvalue weighted by Gasteiger charge is 2.28. The maximum absolute atomic E-state index is 13.3. The lowest BCUT2D eigenvalue weighted by Crippen LogP contribution is -2.31. The molecule has 0 spiro atoms. The Morgan fingerprint density at radius 3 is 2.22 bits per heavy atom. The van der Waals surface area contributed by atoms with E-state index in [1.807, 2.05) is 48.5 Å². The van der Waals surface area contributed by atoms with Crippen LogP contribution in [-0.4, -0.2) is 29.6 Å². The van der Waals surface area contributed by atoms with Crippen LogP contribution >= 0.6 is 0 Å². The topological polar surface area (TPSA) is 76.8 Å². The molecule has 1 aromatic heterocycles. The number of benzene rings is 4. The van der Waals surface area contributed by atoms with Gasteiger partial charge in [-0.1, -0.05) is 85.7 Å². The number of aromatic nitrogens is 1. The number of fused-ring (bicyclic) bond motifs is 1. The number of nitrogens with zero attached hydrogens (tertiary/aromatic N) is 2. The van der Waals surface area contributed by atoms with Crippen molar-refractivity contribution in [1.82, 2.24) is 10.1 Å². The van der Waals surface area contributed by atoms with E-state index in [4.69, 9.17) is 14.0 Å². The van der Waals surface area contributed by atoms with E-state index in [0.717, 1.165) is 46.5 Å². The van der Waals surface area contributed by atoms with Crippen molar-refractivity contribution in [2.45, 2.75) is 52.4 Å². The smallest absolute Gasteiger partial charge is 0.277 e. The number of carbonyl (C=O) groups excluding carboxylic acids is 1. The van der Waals surface area contributed by atoms with Crippen LogP contribution in [0.1, 0.15) is 71.0 Å². The first-order chi connectivity index (χ1) is 21.9. The van der Waals surface area contributed by atoms with Gasteiger partial charge in [0.2, 0.25) is 0 Å². The predicted molar refractivity (Wildman–Crippen MR) is 177 cm³/mol. The Balaban J connectivity index is 1.51. The molecule has 0 radical (unpaired) electrons. The number of ether oxygens (including phenoxy) is 2. The molecule has 4 aromatic carbocycles. The van der Waals surface area contributed by atoms with E-state index in [1.165, 1.54) is 17.4 Å². The molecule has 0 aliphatic carbocycles. The molecular formula is C38H39N3O4. The van der Waals surface area contributed by atoms with Crippen molar-refractivity contribution in [2.24, 2.45) is 0 Å². The van der Waals surface area contributed by atoms with E-state index in [-0.39, 0.29) is 23.6 Å². The van der Waals surface area contributed by atoms with Crippen LogP contribution < -0.4 is 14.8 Å². The second-order valence-electron chi connectivity index (χ2n) is 11.9. The van der Waals surface area contributed by atoms with Gasteiger partial charge in [-0.2, -0.15) is 0 Å². The fourth-order valence-electron chi connectivity index (χ4n) is 5.91. The highest BCUT2D eigenvalue weighted by molar-refractivity contribution is 6.05. The lowest BCUT2D eigenvalue weighted by molar-refractivity contribution is 0.101. The van der Waals surface area contributed by atoms with Crippen LogP contribution in [0.4, 0.5) is 5.69 Å². The van der Waals surface area contributed by atoms with Crippen LogP contribution in [0.25, 0.3) is 11.1 Å². The summed E-state index contributed by atoms with van der Waals surface area (Å²) in [6.45, 7) is 8.30. The van der Waals surface area contributed by atoms with Crippen molar-refractivity contribution in [3.05, 3.63) is 131 Å². The van der Waals surface area contributed by atoms with Crippen LogP contribution in [0.2, 0.25) is 0 Å². The second kappa shape index (κ2) is 13.4. The normalized spacial score (nSPS) is 14.6. The summed E-state index contributed by atoms with van der Waals surface area (Å²) >= 11 is 0. The Morgan fingerprint density at radius 1 is 0.933 bits per heavy atom. The van der Waals surface area contributed by atoms with E-state index in [1.54, 1.807) is 6.07 Å². The summed E-state index contributed by atoms with van der Waals surface area (Å²) in [4.78, 5) is 15.6. The molecule has 1 unspecified atom stereocenters. The molecule has 7 nitrogen and oxygen atoms in total. The summed E-state index contributed by atoms with van der Waals surface area (Å²) in [5.41, 5.74) is 8.48. The first-order valence-electron chi connectivity index (χ1n) is 15.5. The van der Waals surface area contributed by atoms with Gasteiger partial charge in [0.1, 0.15) is 31.0 Å². The minimum absolute atomic E-state index is 0.176. The zero-order chi connectivity index (χ0) is 31.3. The molecule has 1 aliphatic heterocycles. The van der Waals surface area contributed by atoms with Crippen molar-refractivity contribution >= 4 is 11.6 Å². The summed E-state index contributed by atoms with van der Waals surface area (Å²) < 4.78 is 18.1. The zero-order valence-corrected chi connectivity index (χ0v) is 26.2. The number of hydrogen-bond acceptors (Lipinski definition) is 6. The summed E-state index contributed by atoms with van der Waals surface area (Å²) in [6, 6.07) is 30.4. The molecule has 0 fully saturated rings. The molecule has 5 aromatic rings. The Kier molecular flexibility index (Phi) is 8.98. The number of carbonyl (C=O) groups is 1. The number of hydrogen-bond donors (Lipinski definition) is 1. The van der Waals surface area contributed by atoms with Crippen molar-refractivity contribution in [1.29, 1.82) is 0 Å². The van der Waals surface area contributed by atoms with Gasteiger partial charge in [-0.3, -0.25) is 9.69 Å². The summed E-state index contributed by atoms with van der Waals surface area (Å²) in [6.07, 6.45) is 2.24. The van der Waals surface area contributed by atoms with Gasteiger partial charge in [0.15, 0.2) is 5.69 Å². The third-order valence-electron chi connectivity index (χ3n) is 8.57. The fraction of sp³-hybridized carbons (Fsp3) is 0.263. The molecular weight excluding hydrogens is 562 g/mol. The van der Waals surface area contributed by atoms with Crippen molar-refractivity contribution in [3.63, 3.8) is 0 Å². The number of nitrogens with one attached hydrogen (secondary N) is 1. The monoisotopic (exact) mass is 601 g/mol. The van der Waals surface area contributed by atoms with Crippen LogP contribution in [-0.2, 0) is 19.6 Å². The van der Waals surface area contributed by atoms with E-state index < -0.39 is 0 Å². The SMILES string of the molecule is CC(C)c1cc(-c2c(NC(=O)c3ccon3)ccc3c2CCN(C)C3C)c(OCc2ccccc2)cc1OCc1ccccc1.